The first-order valence-corrected chi connectivity index (χ1v) is 4.64. The van der Waals surface area contributed by atoms with E-state index in [0.717, 1.165) is 0 Å². The van der Waals surface area contributed by atoms with Crippen LogP contribution in [0.25, 0.3) is 0 Å². The molecule has 0 amide bonds. The number of halogens is 4. The van der Waals surface area contributed by atoms with E-state index in [-0.39, 0.29) is 5.92 Å². The summed E-state index contributed by atoms with van der Waals surface area (Å²) in [6, 6.07) is 1.23. The van der Waals surface area contributed by atoms with Gasteiger partial charge in [0.15, 0.2) is 12.4 Å². The lowest BCUT2D eigenvalue weighted by molar-refractivity contribution is -0.153. The molecule has 1 rings (SSSR count). The number of ether oxygens (including phenoxy) is 1. The predicted octanol–water partition coefficient (Wildman–Crippen LogP) is 3.29. The fourth-order valence-corrected chi connectivity index (χ4v) is 1.02. The fraction of sp³-hybridized carbons (Fsp3) is 0.500. The Hall–Kier alpha value is -1.33. The highest BCUT2D eigenvalue weighted by Crippen LogP contribution is 2.24. The molecule has 0 unspecified atom stereocenters. The summed E-state index contributed by atoms with van der Waals surface area (Å²) in [4.78, 5) is 3.34. The van der Waals surface area contributed by atoms with Gasteiger partial charge in [-0.05, 0) is 17.5 Å². The molecule has 90 valence electrons. The van der Waals surface area contributed by atoms with Gasteiger partial charge in [0.05, 0.1) is 0 Å². The van der Waals surface area contributed by atoms with Crippen LogP contribution >= 0.6 is 0 Å². The van der Waals surface area contributed by atoms with Crippen molar-refractivity contribution in [1.82, 2.24) is 4.98 Å². The second-order valence-electron chi connectivity index (χ2n) is 3.62. The Kier molecular flexibility index (Phi) is 3.72. The highest BCUT2D eigenvalue weighted by molar-refractivity contribution is 5.27. The van der Waals surface area contributed by atoms with E-state index >= 15 is 0 Å². The zero-order valence-electron chi connectivity index (χ0n) is 8.81. The van der Waals surface area contributed by atoms with E-state index in [0.29, 0.717) is 5.56 Å². The van der Waals surface area contributed by atoms with E-state index in [9.17, 15) is 17.6 Å². The summed E-state index contributed by atoms with van der Waals surface area (Å²) in [5.74, 6) is -1.46. The lowest BCUT2D eigenvalue weighted by Crippen LogP contribution is -2.20. The lowest BCUT2D eigenvalue weighted by Gasteiger charge is -2.11. The minimum Gasteiger partial charge on any atom is -0.479 e. The van der Waals surface area contributed by atoms with Crippen LogP contribution in [0.15, 0.2) is 12.3 Å². The normalized spacial score (nSPS) is 11.9. The summed E-state index contributed by atoms with van der Waals surface area (Å²) < 4.78 is 52.9. The van der Waals surface area contributed by atoms with Crippen molar-refractivity contribution in [2.24, 2.45) is 0 Å². The smallest absolute Gasteiger partial charge is 0.422 e. The molecule has 0 fully saturated rings. The van der Waals surface area contributed by atoms with Gasteiger partial charge in [0.1, 0.15) is 0 Å². The van der Waals surface area contributed by atoms with Crippen LogP contribution in [0, 0.1) is 5.95 Å². The van der Waals surface area contributed by atoms with Gasteiger partial charge in [0.2, 0.25) is 0 Å². The molecule has 16 heavy (non-hydrogen) atoms. The van der Waals surface area contributed by atoms with Crippen LogP contribution in [0.2, 0.25) is 0 Å². The molecule has 1 aromatic rings. The van der Waals surface area contributed by atoms with Gasteiger partial charge in [-0.15, -0.1) is 0 Å². The SMILES string of the molecule is CC(C)c1cnc(F)c(OCC(F)(F)F)c1. The van der Waals surface area contributed by atoms with Crippen LogP contribution in [0.1, 0.15) is 25.3 Å². The topological polar surface area (TPSA) is 22.1 Å². The van der Waals surface area contributed by atoms with Crippen LogP contribution in [-0.2, 0) is 0 Å². The van der Waals surface area contributed by atoms with E-state index < -0.39 is 24.5 Å². The number of alkyl halides is 3. The van der Waals surface area contributed by atoms with Crippen molar-refractivity contribution >= 4 is 0 Å². The molecule has 0 spiro atoms. The molecule has 0 radical (unpaired) electrons. The molecule has 0 aliphatic carbocycles. The van der Waals surface area contributed by atoms with Crippen molar-refractivity contribution in [2.45, 2.75) is 25.9 Å². The molecule has 0 atom stereocenters. The number of rotatable bonds is 3. The van der Waals surface area contributed by atoms with Crippen molar-refractivity contribution in [3.63, 3.8) is 0 Å². The molecule has 0 saturated heterocycles. The van der Waals surface area contributed by atoms with Crippen LogP contribution in [-0.4, -0.2) is 17.8 Å². The third-order valence-corrected chi connectivity index (χ3v) is 1.89. The molecular weight excluding hydrogens is 226 g/mol. The second-order valence-corrected chi connectivity index (χ2v) is 3.62. The maximum absolute atomic E-state index is 13.0. The van der Waals surface area contributed by atoms with Crippen molar-refractivity contribution in [1.29, 1.82) is 0 Å². The Morgan fingerprint density at radius 2 is 2.00 bits per heavy atom. The van der Waals surface area contributed by atoms with Gasteiger partial charge in [-0.1, -0.05) is 13.8 Å². The van der Waals surface area contributed by atoms with E-state index in [4.69, 9.17) is 0 Å². The summed E-state index contributed by atoms with van der Waals surface area (Å²) in [7, 11) is 0. The summed E-state index contributed by atoms with van der Waals surface area (Å²) in [6.45, 7) is 2.12. The predicted molar refractivity (Wildman–Crippen MR) is 49.8 cm³/mol. The molecule has 0 aliphatic heterocycles. The molecule has 0 N–H and O–H groups in total. The highest BCUT2D eigenvalue weighted by atomic mass is 19.4. The lowest BCUT2D eigenvalue weighted by atomic mass is 10.1. The first-order chi connectivity index (χ1) is 7.29. The van der Waals surface area contributed by atoms with Crippen molar-refractivity contribution in [3.05, 3.63) is 23.8 Å². The first-order valence-electron chi connectivity index (χ1n) is 4.64. The van der Waals surface area contributed by atoms with Gasteiger partial charge in [0, 0.05) is 6.20 Å². The van der Waals surface area contributed by atoms with Crippen LogP contribution < -0.4 is 4.74 Å². The number of hydrogen-bond acceptors (Lipinski definition) is 2. The standard InChI is InChI=1S/C10H11F4NO/c1-6(2)7-3-8(9(11)15-4-7)16-5-10(12,13)14/h3-4,6H,5H2,1-2H3. The Morgan fingerprint density at radius 3 is 2.50 bits per heavy atom. The average Bonchev–Trinajstić information content (AvgIpc) is 2.14. The van der Waals surface area contributed by atoms with Gasteiger partial charge >= 0.3 is 6.18 Å². The van der Waals surface area contributed by atoms with Crippen molar-refractivity contribution < 1.29 is 22.3 Å². The molecule has 0 aromatic carbocycles. The quantitative estimate of drug-likeness (QED) is 0.594. The molecular formula is C10H11F4NO. The number of aromatic nitrogens is 1. The van der Waals surface area contributed by atoms with Crippen LogP contribution in [0.4, 0.5) is 17.6 Å². The molecule has 1 heterocycles. The van der Waals surface area contributed by atoms with Crippen molar-refractivity contribution in [2.75, 3.05) is 6.61 Å². The largest absolute Gasteiger partial charge is 0.479 e. The maximum atomic E-state index is 13.0. The maximum Gasteiger partial charge on any atom is 0.422 e. The number of hydrogen-bond donors (Lipinski definition) is 0. The third kappa shape index (κ3) is 3.67. The van der Waals surface area contributed by atoms with Gasteiger partial charge in [-0.2, -0.15) is 17.6 Å². The van der Waals surface area contributed by atoms with Gasteiger partial charge in [-0.25, -0.2) is 4.98 Å². The van der Waals surface area contributed by atoms with E-state index in [2.05, 4.69) is 9.72 Å². The molecule has 6 heteroatoms. The van der Waals surface area contributed by atoms with E-state index in [1.54, 1.807) is 0 Å². The molecule has 1 aromatic heterocycles. The summed E-state index contributed by atoms with van der Waals surface area (Å²) in [5.41, 5.74) is 0.624. The molecule has 0 saturated carbocycles. The Labute approximate surface area is 90.3 Å². The van der Waals surface area contributed by atoms with Gasteiger partial charge < -0.3 is 4.74 Å². The minimum absolute atomic E-state index is 0.0429. The number of nitrogens with zero attached hydrogens (tertiary/aromatic N) is 1. The Morgan fingerprint density at radius 1 is 1.38 bits per heavy atom. The fourth-order valence-electron chi connectivity index (χ4n) is 1.02. The molecule has 0 bridgehead atoms. The summed E-state index contributed by atoms with van der Waals surface area (Å²) in [6.07, 6.45) is -3.21. The minimum atomic E-state index is -4.49. The molecule has 2 nitrogen and oxygen atoms in total. The van der Waals surface area contributed by atoms with Crippen LogP contribution in [0.3, 0.4) is 0 Å². The highest BCUT2D eigenvalue weighted by Gasteiger charge is 2.29. The first kappa shape index (κ1) is 12.7. The molecule has 0 aliphatic rings. The zero-order chi connectivity index (χ0) is 12.3. The average molecular weight is 237 g/mol. The van der Waals surface area contributed by atoms with Gasteiger partial charge in [0.25, 0.3) is 5.95 Å². The van der Waals surface area contributed by atoms with Crippen molar-refractivity contribution in [3.8, 4) is 5.75 Å². The van der Waals surface area contributed by atoms with Crippen LogP contribution in [0.5, 0.6) is 5.75 Å². The second kappa shape index (κ2) is 4.67. The third-order valence-electron chi connectivity index (χ3n) is 1.89. The van der Waals surface area contributed by atoms with E-state index in [1.165, 1.54) is 12.3 Å². The number of pyridine rings is 1. The zero-order valence-corrected chi connectivity index (χ0v) is 8.81. The summed E-state index contributed by atoms with van der Waals surface area (Å²) in [5, 5.41) is 0. The van der Waals surface area contributed by atoms with E-state index in [1.807, 2.05) is 13.8 Å². The Balaban J connectivity index is 2.82. The monoisotopic (exact) mass is 237 g/mol. The Bertz CT molecular complexity index is 362. The van der Waals surface area contributed by atoms with Gasteiger partial charge in [-0.3, -0.25) is 0 Å². The summed E-state index contributed by atoms with van der Waals surface area (Å²) >= 11 is 0.